The lowest BCUT2D eigenvalue weighted by atomic mass is 10.3. The quantitative estimate of drug-likeness (QED) is 0.791. The lowest BCUT2D eigenvalue weighted by molar-refractivity contribution is 0.431. The van der Waals surface area contributed by atoms with E-state index in [0.29, 0.717) is 5.69 Å². The fourth-order valence-electron chi connectivity index (χ4n) is 1.80. The smallest absolute Gasteiger partial charge is 0.244 e. The molecule has 0 bridgehead atoms. The predicted molar refractivity (Wildman–Crippen MR) is 73.3 cm³/mol. The van der Waals surface area contributed by atoms with Crippen molar-refractivity contribution in [1.29, 1.82) is 0 Å². The molecular formula is C10H13ClN2O4S2. The fourth-order valence-corrected chi connectivity index (χ4v) is 5.20. The molecule has 1 aromatic carbocycles. The summed E-state index contributed by atoms with van der Waals surface area (Å²) in [5.74, 6) is -0.336. The first-order valence-corrected chi connectivity index (χ1v) is 9.12. The minimum atomic E-state index is -3.78. The lowest BCUT2D eigenvalue weighted by Gasteiger charge is -2.26. The van der Waals surface area contributed by atoms with E-state index < -0.39 is 19.9 Å². The Morgan fingerprint density at radius 1 is 1.21 bits per heavy atom. The number of nitrogens with two attached hydrogens (primary N) is 1. The summed E-state index contributed by atoms with van der Waals surface area (Å²) in [6.07, 6.45) is 0. The molecule has 0 atom stereocenters. The first-order chi connectivity index (χ1) is 8.72. The van der Waals surface area contributed by atoms with Crippen molar-refractivity contribution in [3.8, 4) is 0 Å². The number of hydrogen-bond acceptors (Lipinski definition) is 5. The van der Waals surface area contributed by atoms with Crippen LogP contribution in [0.1, 0.15) is 0 Å². The maximum atomic E-state index is 12.3. The van der Waals surface area contributed by atoms with Gasteiger partial charge in [-0.05, 0) is 18.2 Å². The zero-order valence-electron chi connectivity index (χ0n) is 9.91. The van der Waals surface area contributed by atoms with Crippen LogP contribution in [0.4, 0.5) is 5.69 Å². The van der Waals surface area contributed by atoms with E-state index in [1.165, 1.54) is 18.2 Å². The SMILES string of the molecule is Nc1ccc(S(=O)(=O)N2CCS(=O)(=O)CC2)c(Cl)c1. The van der Waals surface area contributed by atoms with E-state index in [2.05, 4.69) is 0 Å². The number of anilines is 1. The second-order valence-electron chi connectivity index (χ2n) is 4.25. The third-order valence-corrected chi connectivity index (χ3v) is 6.87. The number of nitrogens with zero attached hydrogens (tertiary/aromatic N) is 1. The number of sulfonamides is 1. The van der Waals surface area contributed by atoms with Crippen molar-refractivity contribution in [1.82, 2.24) is 4.31 Å². The van der Waals surface area contributed by atoms with Crippen LogP contribution in [0.5, 0.6) is 0 Å². The Balaban J connectivity index is 2.33. The molecule has 1 aliphatic rings. The maximum absolute atomic E-state index is 12.3. The Kier molecular flexibility index (Phi) is 3.78. The standard InChI is InChI=1S/C10H13ClN2O4S2/c11-9-7-8(12)1-2-10(9)19(16,17)13-3-5-18(14,15)6-4-13/h1-2,7H,3-6,12H2. The molecule has 0 saturated carbocycles. The molecule has 0 aliphatic carbocycles. The van der Waals surface area contributed by atoms with Gasteiger partial charge in [0.15, 0.2) is 9.84 Å². The molecular weight excluding hydrogens is 312 g/mol. The molecule has 1 aliphatic heterocycles. The van der Waals surface area contributed by atoms with Gasteiger partial charge in [0.25, 0.3) is 0 Å². The van der Waals surface area contributed by atoms with Crippen LogP contribution < -0.4 is 5.73 Å². The van der Waals surface area contributed by atoms with E-state index in [1.54, 1.807) is 0 Å². The van der Waals surface area contributed by atoms with Crippen molar-refractivity contribution in [2.24, 2.45) is 0 Å². The predicted octanol–water partition coefficient (Wildman–Crippen LogP) is 0.341. The van der Waals surface area contributed by atoms with Crippen LogP contribution in [0.3, 0.4) is 0 Å². The van der Waals surface area contributed by atoms with E-state index >= 15 is 0 Å². The van der Waals surface area contributed by atoms with Crippen molar-refractivity contribution in [3.05, 3.63) is 23.2 Å². The fraction of sp³-hybridized carbons (Fsp3) is 0.400. The molecule has 0 radical (unpaired) electrons. The van der Waals surface area contributed by atoms with Gasteiger partial charge in [0.05, 0.1) is 16.5 Å². The van der Waals surface area contributed by atoms with Gasteiger partial charge < -0.3 is 5.73 Å². The molecule has 1 fully saturated rings. The second-order valence-corrected chi connectivity index (χ2v) is 8.86. The maximum Gasteiger partial charge on any atom is 0.244 e. The highest BCUT2D eigenvalue weighted by molar-refractivity contribution is 7.92. The monoisotopic (exact) mass is 324 g/mol. The molecule has 1 aromatic rings. The molecule has 2 rings (SSSR count). The van der Waals surface area contributed by atoms with Gasteiger partial charge in [-0.2, -0.15) is 4.31 Å². The normalized spacial score (nSPS) is 20.3. The lowest BCUT2D eigenvalue weighted by Crippen LogP contribution is -2.43. The van der Waals surface area contributed by atoms with Crippen LogP contribution in [0, 0.1) is 0 Å². The highest BCUT2D eigenvalue weighted by atomic mass is 35.5. The molecule has 6 nitrogen and oxygen atoms in total. The van der Waals surface area contributed by atoms with E-state index in [9.17, 15) is 16.8 Å². The number of nitrogen functional groups attached to an aromatic ring is 1. The van der Waals surface area contributed by atoms with Gasteiger partial charge in [0.2, 0.25) is 10.0 Å². The highest BCUT2D eigenvalue weighted by Crippen LogP contribution is 2.27. The molecule has 19 heavy (non-hydrogen) atoms. The van der Waals surface area contributed by atoms with E-state index in [4.69, 9.17) is 17.3 Å². The Morgan fingerprint density at radius 2 is 1.79 bits per heavy atom. The first kappa shape index (κ1) is 14.6. The van der Waals surface area contributed by atoms with Gasteiger partial charge >= 0.3 is 0 Å². The number of sulfone groups is 1. The first-order valence-electron chi connectivity index (χ1n) is 5.48. The van der Waals surface area contributed by atoms with E-state index in [1.807, 2.05) is 0 Å². The van der Waals surface area contributed by atoms with Gasteiger partial charge in [-0.3, -0.25) is 0 Å². The number of hydrogen-bond donors (Lipinski definition) is 1. The van der Waals surface area contributed by atoms with E-state index in [-0.39, 0.29) is 34.5 Å². The summed E-state index contributed by atoms with van der Waals surface area (Å²) >= 11 is 5.89. The Hall–Kier alpha value is -0.830. The molecule has 1 saturated heterocycles. The molecule has 1 heterocycles. The van der Waals surface area contributed by atoms with Crippen LogP contribution in [0.2, 0.25) is 5.02 Å². The Labute approximate surface area is 117 Å². The van der Waals surface area contributed by atoms with Crippen molar-refractivity contribution in [2.75, 3.05) is 30.3 Å². The second kappa shape index (κ2) is 4.93. The van der Waals surface area contributed by atoms with Gasteiger partial charge in [-0.15, -0.1) is 0 Å². The number of benzene rings is 1. The molecule has 9 heteroatoms. The minimum Gasteiger partial charge on any atom is -0.399 e. The zero-order chi connectivity index (χ0) is 14.3. The summed E-state index contributed by atoms with van der Waals surface area (Å²) in [7, 11) is -6.91. The minimum absolute atomic E-state index is 0.0356. The van der Waals surface area contributed by atoms with Crippen molar-refractivity contribution < 1.29 is 16.8 Å². The third-order valence-electron chi connectivity index (χ3n) is 2.88. The van der Waals surface area contributed by atoms with Crippen LogP contribution in [0.15, 0.2) is 23.1 Å². The van der Waals surface area contributed by atoms with Crippen LogP contribution in [-0.2, 0) is 19.9 Å². The Bertz CT molecular complexity index is 686. The zero-order valence-corrected chi connectivity index (χ0v) is 12.3. The third kappa shape index (κ3) is 3.02. The van der Waals surface area contributed by atoms with E-state index in [0.717, 1.165) is 4.31 Å². The summed E-state index contributed by atoms with van der Waals surface area (Å²) in [4.78, 5) is -0.0531. The van der Waals surface area contributed by atoms with Gasteiger partial charge in [0, 0.05) is 18.8 Å². The van der Waals surface area contributed by atoms with Crippen molar-refractivity contribution in [2.45, 2.75) is 4.90 Å². The summed E-state index contributed by atoms with van der Waals surface area (Å²) in [5.41, 5.74) is 5.88. The topological polar surface area (TPSA) is 97.5 Å². The largest absolute Gasteiger partial charge is 0.399 e. The summed E-state index contributed by atoms with van der Waals surface area (Å²) in [6.45, 7) is -0.100. The summed E-state index contributed by atoms with van der Waals surface area (Å²) < 4.78 is 48.4. The molecule has 0 spiro atoms. The van der Waals surface area contributed by atoms with Crippen LogP contribution >= 0.6 is 11.6 Å². The molecule has 0 amide bonds. The highest BCUT2D eigenvalue weighted by Gasteiger charge is 2.32. The van der Waals surface area contributed by atoms with Crippen LogP contribution in [0.25, 0.3) is 0 Å². The van der Waals surface area contributed by atoms with Crippen molar-refractivity contribution >= 4 is 37.1 Å². The Morgan fingerprint density at radius 3 is 2.32 bits per heavy atom. The van der Waals surface area contributed by atoms with Crippen molar-refractivity contribution in [3.63, 3.8) is 0 Å². The summed E-state index contributed by atoms with van der Waals surface area (Å²) in [5, 5.41) is 0.0356. The molecule has 0 unspecified atom stereocenters. The number of rotatable bonds is 2. The van der Waals surface area contributed by atoms with Gasteiger partial charge in [-0.1, -0.05) is 11.6 Å². The number of halogens is 1. The van der Waals surface area contributed by atoms with Gasteiger partial charge in [-0.25, -0.2) is 16.8 Å². The molecule has 106 valence electrons. The summed E-state index contributed by atoms with van der Waals surface area (Å²) in [6, 6.07) is 4.13. The van der Waals surface area contributed by atoms with Crippen LogP contribution in [-0.4, -0.2) is 45.7 Å². The van der Waals surface area contributed by atoms with Gasteiger partial charge in [0.1, 0.15) is 4.90 Å². The average Bonchev–Trinajstić information content (AvgIpc) is 2.27. The average molecular weight is 325 g/mol. The molecule has 0 aromatic heterocycles. The molecule has 2 N–H and O–H groups in total.